The zero-order valence-electron chi connectivity index (χ0n) is 17.2. The minimum absolute atomic E-state index is 0. The number of alkyl halides is 3. The topological polar surface area (TPSA) is 203 Å². The molecule has 0 spiro atoms. The van der Waals surface area contributed by atoms with Crippen molar-refractivity contribution in [1.29, 1.82) is 0 Å². The van der Waals surface area contributed by atoms with E-state index in [1.54, 1.807) is 0 Å². The molecular weight excluding hydrogens is 519 g/mol. The highest BCUT2D eigenvalue weighted by Crippen LogP contribution is 2.29. The third-order valence-corrected chi connectivity index (χ3v) is 4.37. The Bertz CT molecular complexity index is 1130. The van der Waals surface area contributed by atoms with Crippen molar-refractivity contribution in [3.8, 4) is 0 Å². The third-order valence-electron chi connectivity index (χ3n) is 4.37. The zero-order chi connectivity index (χ0) is 26.0. The lowest BCUT2D eigenvalue weighted by Gasteiger charge is -2.28. The lowest BCUT2D eigenvalue weighted by molar-refractivity contribution is -0.148. The van der Waals surface area contributed by atoms with Crippen molar-refractivity contribution in [2.24, 2.45) is 5.73 Å². The van der Waals surface area contributed by atoms with Crippen LogP contribution in [0.25, 0.3) is 0 Å². The second-order valence-corrected chi connectivity index (χ2v) is 7.87. The summed E-state index contributed by atoms with van der Waals surface area (Å²) in [6.07, 6.45) is -5.31. The Morgan fingerprint density at radius 3 is 2.14 bits per heavy atom. The molecule has 3 rings (SSSR count). The number of carbonyl (C=O) groups is 2. The maximum Gasteiger partial charge on any atom is 0.466 e. The van der Waals surface area contributed by atoms with Crippen LogP contribution >= 0.6 is 7.82 Å². The fourth-order valence-corrected chi connectivity index (χ4v) is 2.90. The van der Waals surface area contributed by atoms with Crippen LogP contribution in [0, 0.1) is 17.5 Å². The lowest BCUT2D eigenvalue weighted by Crippen LogP contribution is -2.43. The molecule has 0 radical (unpaired) electrons. The number of nitrogens with zero attached hydrogens (tertiary/aromatic N) is 4. The van der Waals surface area contributed by atoms with Crippen LogP contribution in [0.5, 0.6) is 0 Å². The van der Waals surface area contributed by atoms with Gasteiger partial charge in [-0.25, -0.2) is 17.7 Å². The first-order chi connectivity index (χ1) is 15.5. The van der Waals surface area contributed by atoms with Gasteiger partial charge >= 0.3 is 14.0 Å². The number of benzene rings is 1. The van der Waals surface area contributed by atoms with Crippen LogP contribution in [0.2, 0.25) is 0 Å². The molecule has 19 heteroatoms. The monoisotopic (exact) mass is 537 g/mol. The zero-order valence-corrected chi connectivity index (χ0v) is 18.1. The van der Waals surface area contributed by atoms with E-state index in [0.717, 1.165) is 9.47 Å². The van der Waals surface area contributed by atoms with E-state index in [9.17, 15) is 35.9 Å². The van der Waals surface area contributed by atoms with Gasteiger partial charge in [-0.05, 0) is 6.07 Å². The second kappa shape index (κ2) is 11.2. The Morgan fingerprint density at radius 1 is 1.06 bits per heavy atom. The fraction of sp³-hybridized carbons (Fsp3) is 0.375. The van der Waals surface area contributed by atoms with E-state index in [2.05, 4.69) is 10.2 Å². The summed E-state index contributed by atoms with van der Waals surface area (Å²) in [7, 11) is -4.64. The summed E-state index contributed by atoms with van der Waals surface area (Å²) in [5.41, 5.74) is 4.80. The first-order valence-corrected chi connectivity index (χ1v) is 10.5. The molecule has 12 nitrogen and oxygen atoms in total. The van der Waals surface area contributed by atoms with Gasteiger partial charge in [-0.3, -0.25) is 9.59 Å². The summed E-state index contributed by atoms with van der Waals surface area (Å²) in [5.74, 6) is -7.36. The molecule has 0 fully saturated rings. The predicted molar refractivity (Wildman–Crippen MR) is 102 cm³/mol. The number of nitrogens with two attached hydrogens (primary N) is 1. The van der Waals surface area contributed by atoms with Crippen LogP contribution in [0.1, 0.15) is 28.4 Å². The molecule has 35 heavy (non-hydrogen) atoms. The molecule has 1 unspecified atom stereocenters. The smallest absolute Gasteiger partial charge is 0.412 e. The van der Waals surface area contributed by atoms with Crippen LogP contribution < -0.4 is 5.73 Å². The van der Waals surface area contributed by atoms with E-state index >= 15 is 0 Å². The van der Waals surface area contributed by atoms with Gasteiger partial charge in [0.2, 0.25) is 11.7 Å². The first kappa shape index (κ1) is 30.1. The molecular formula is C16H18F6N5O7P. The molecule has 2 aromatic rings. The standard InChI is InChI=1S/C16H13F6N5O2.H3O4P.H2O/c17-8-4-10(19)9(18)3-7(8)14(29)11(23)5-13(28)26-1-2-27-12(6-26)24-25-15(27)16(20,21)22;1-5(2,3)4;/h3-4,11H,1-2,5-6,23H2;(H3,1,2,3,4);1H2. The normalized spacial score (nSPS) is 14.3. The number of hydrogen-bond acceptors (Lipinski definition) is 6. The van der Waals surface area contributed by atoms with Gasteiger partial charge in [0.1, 0.15) is 5.82 Å². The molecule has 196 valence electrons. The summed E-state index contributed by atoms with van der Waals surface area (Å²) in [4.78, 5) is 47.2. The number of halogens is 6. The summed E-state index contributed by atoms with van der Waals surface area (Å²) in [6.45, 7) is -0.625. The van der Waals surface area contributed by atoms with E-state index in [0.29, 0.717) is 6.07 Å². The number of hydrogen-bond donors (Lipinski definition) is 4. The summed E-state index contributed by atoms with van der Waals surface area (Å²) in [6, 6.07) is -1.03. The highest BCUT2D eigenvalue weighted by Gasteiger charge is 2.40. The van der Waals surface area contributed by atoms with E-state index in [1.807, 2.05) is 0 Å². The summed E-state index contributed by atoms with van der Waals surface area (Å²) < 4.78 is 88.2. The molecule has 7 N–H and O–H groups in total. The Labute approximate surface area is 191 Å². The van der Waals surface area contributed by atoms with Gasteiger partial charge < -0.3 is 35.4 Å². The van der Waals surface area contributed by atoms with Crippen molar-refractivity contribution in [2.45, 2.75) is 31.7 Å². The van der Waals surface area contributed by atoms with Gasteiger partial charge in [0, 0.05) is 25.6 Å². The van der Waals surface area contributed by atoms with Gasteiger partial charge in [-0.2, -0.15) is 13.2 Å². The minimum atomic E-state index is -4.69. The SMILES string of the molecule is NC(CC(=O)N1CCn2c(nnc2C(F)(F)F)C1)C(=O)c1cc(F)c(F)cc1F.O.O=P(O)(O)O. The number of ketones is 1. The third kappa shape index (κ3) is 8.08. The van der Waals surface area contributed by atoms with Crippen molar-refractivity contribution in [1.82, 2.24) is 19.7 Å². The fourth-order valence-electron chi connectivity index (χ4n) is 2.90. The molecule has 1 aliphatic heterocycles. The molecule has 0 bridgehead atoms. The number of amides is 1. The molecule has 1 amide bonds. The molecule has 2 heterocycles. The lowest BCUT2D eigenvalue weighted by atomic mass is 10.0. The van der Waals surface area contributed by atoms with Crippen LogP contribution in [0.15, 0.2) is 12.1 Å². The predicted octanol–water partition coefficient (Wildman–Crippen LogP) is -0.0966. The van der Waals surface area contributed by atoms with Gasteiger partial charge in [-0.15, -0.1) is 10.2 Å². The molecule has 0 saturated heterocycles. The van der Waals surface area contributed by atoms with Gasteiger partial charge in [-0.1, -0.05) is 0 Å². The quantitative estimate of drug-likeness (QED) is 0.178. The van der Waals surface area contributed by atoms with E-state index in [4.69, 9.17) is 25.0 Å². The summed E-state index contributed by atoms with van der Waals surface area (Å²) in [5, 5.41) is 6.50. The number of fused-ring (bicyclic) bond motifs is 1. The second-order valence-electron chi connectivity index (χ2n) is 6.84. The number of carbonyl (C=O) groups excluding carboxylic acids is 2. The molecule has 1 aliphatic rings. The molecule has 1 aromatic heterocycles. The highest BCUT2D eigenvalue weighted by atomic mass is 31.2. The van der Waals surface area contributed by atoms with Crippen molar-refractivity contribution in [2.75, 3.05) is 6.54 Å². The average Bonchev–Trinajstić information content (AvgIpc) is 3.12. The van der Waals surface area contributed by atoms with Crippen LogP contribution in [0.3, 0.4) is 0 Å². The average molecular weight is 537 g/mol. The highest BCUT2D eigenvalue weighted by molar-refractivity contribution is 7.45. The maximum absolute atomic E-state index is 13.7. The van der Waals surface area contributed by atoms with E-state index in [1.165, 1.54) is 0 Å². The van der Waals surface area contributed by atoms with E-state index < -0.39 is 67.0 Å². The number of rotatable bonds is 4. The first-order valence-electron chi connectivity index (χ1n) is 8.98. The minimum Gasteiger partial charge on any atom is -0.412 e. The Balaban J connectivity index is 0.000000927. The van der Waals surface area contributed by atoms with Crippen LogP contribution in [0.4, 0.5) is 26.3 Å². The van der Waals surface area contributed by atoms with Crippen LogP contribution in [-0.4, -0.2) is 64.1 Å². The number of phosphoric acid groups is 1. The Morgan fingerprint density at radius 2 is 1.60 bits per heavy atom. The van der Waals surface area contributed by atoms with E-state index in [-0.39, 0.29) is 37.0 Å². The maximum atomic E-state index is 13.7. The van der Waals surface area contributed by atoms with Crippen molar-refractivity contribution in [3.63, 3.8) is 0 Å². The van der Waals surface area contributed by atoms with Crippen molar-refractivity contribution in [3.05, 3.63) is 46.8 Å². The van der Waals surface area contributed by atoms with Crippen LogP contribution in [-0.2, 0) is 28.6 Å². The van der Waals surface area contributed by atoms with Crippen molar-refractivity contribution < 1.29 is 60.7 Å². The Kier molecular flexibility index (Phi) is 9.67. The molecule has 1 aromatic carbocycles. The summed E-state index contributed by atoms with van der Waals surface area (Å²) >= 11 is 0. The largest absolute Gasteiger partial charge is 0.466 e. The van der Waals surface area contributed by atoms with Gasteiger partial charge in [0.05, 0.1) is 18.2 Å². The molecule has 0 saturated carbocycles. The Hall–Kier alpha value is -2.89. The molecule has 1 atom stereocenters. The van der Waals surface area contributed by atoms with Crippen molar-refractivity contribution >= 4 is 19.5 Å². The number of Topliss-reactive ketones (excluding diaryl/α,β-unsaturated/α-hetero) is 1. The number of aromatic nitrogens is 3. The van der Waals surface area contributed by atoms with Gasteiger partial charge in [0.25, 0.3) is 0 Å². The van der Waals surface area contributed by atoms with Gasteiger partial charge in [0.15, 0.2) is 23.2 Å². The molecule has 0 aliphatic carbocycles.